The van der Waals surface area contributed by atoms with Crippen LogP contribution in [-0.2, 0) is 34.5 Å². The highest BCUT2D eigenvalue weighted by Crippen LogP contribution is 2.55. The molecular weight excluding hydrogens is 437 g/mol. The fraction of sp³-hybridized carbons (Fsp3) is 0.391. The van der Waals surface area contributed by atoms with E-state index in [2.05, 4.69) is 9.97 Å². The van der Waals surface area contributed by atoms with E-state index in [1.165, 1.54) is 17.0 Å². The molecule has 6 rings (SSSR count). The number of nitrogens with two attached hydrogens (primary N) is 1. The number of halogens is 3. The lowest BCUT2D eigenvalue weighted by atomic mass is 9.90. The molecule has 0 unspecified atom stereocenters. The summed E-state index contributed by atoms with van der Waals surface area (Å²) in [5.74, 6) is 0.0663. The van der Waals surface area contributed by atoms with Crippen molar-refractivity contribution >= 4 is 22.8 Å². The normalized spacial score (nSPS) is 20.7. The molecule has 7 nitrogen and oxygen atoms in total. The van der Waals surface area contributed by atoms with Crippen LogP contribution in [0.4, 0.5) is 19.0 Å². The maximum absolute atomic E-state index is 13.4. The number of alkyl halides is 3. The predicted molar refractivity (Wildman–Crippen MR) is 112 cm³/mol. The van der Waals surface area contributed by atoms with Crippen molar-refractivity contribution < 1.29 is 27.4 Å². The van der Waals surface area contributed by atoms with Gasteiger partial charge in [0.2, 0.25) is 0 Å². The highest BCUT2D eigenvalue weighted by Gasteiger charge is 2.52. The first-order chi connectivity index (χ1) is 15.7. The molecule has 3 aromatic rings. The SMILES string of the molecule is CN(C(=O)c1cc2nc(N)c3c(c2[nH]1)COC3)[C@@H]1COC2(CC2)c2cc(C(F)(F)F)ccc21. The second-order valence-corrected chi connectivity index (χ2v) is 8.93. The second kappa shape index (κ2) is 6.71. The first-order valence-electron chi connectivity index (χ1n) is 10.7. The van der Waals surface area contributed by atoms with Gasteiger partial charge in [-0.2, -0.15) is 13.2 Å². The number of nitrogens with zero attached hydrogens (tertiary/aromatic N) is 2. The molecule has 3 N–H and O–H groups in total. The standard InChI is InChI=1S/C23H21F3N4O3/c1-30(21(31)17-7-16-19(28-17)13-8-32-9-14(13)20(27)29-16)18-10-33-22(4-5-22)15-6-11(23(24,25)26)2-3-12(15)18/h2-3,6-7,18,28H,4-5,8-10H2,1H3,(H2,27,29)/t18-/m1/s1. The summed E-state index contributed by atoms with van der Waals surface area (Å²) in [5.41, 5.74) is 9.18. The van der Waals surface area contributed by atoms with Crippen molar-refractivity contribution in [1.29, 1.82) is 0 Å². The number of aromatic nitrogens is 2. The second-order valence-electron chi connectivity index (χ2n) is 8.93. The van der Waals surface area contributed by atoms with Crippen LogP contribution in [0.25, 0.3) is 11.0 Å². The monoisotopic (exact) mass is 458 g/mol. The average molecular weight is 458 g/mol. The topological polar surface area (TPSA) is 93.5 Å². The molecule has 1 spiro atoms. The number of H-pyrrole nitrogens is 1. The van der Waals surface area contributed by atoms with Gasteiger partial charge < -0.3 is 25.1 Å². The van der Waals surface area contributed by atoms with Crippen LogP contribution in [0.15, 0.2) is 24.3 Å². The van der Waals surface area contributed by atoms with E-state index < -0.39 is 23.4 Å². The number of ether oxygens (including phenoxy) is 2. The molecule has 4 heterocycles. The largest absolute Gasteiger partial charge is 0.416 e. The fourth-order valence-electron chi connectivity index (χ4n) is 4.96. The third-order valence-electron chi connectivity index (χ3n) is 6.98. The van der Waals surface area contributed by atoms with E-state index in [-0.39, 0.29) is 12.5 Å². The predicted octanol–water partition coefficient (Wildman–Crippen LogP) is 4.03. The Labute approximate surface area is 186 Å². The van der Waals surface area contributed by atoms with E-state index in [1.807, 2.05) is 0 Å². The number of carbonyl (C=O) groups excluding carboxylic acids is 1. The number of aromatic amines is 1. The number of carbonyl (C=O) groups is 1. The van der Waals surface area contributed by atoms with Crippen molar-refractivity contribution in [3.63, 3.8) is 0 Å². The van der Waals surface area contributed by atoms with Crippen molar-refractivity contribution in [2.75, 3.05) is 19.4 Å². The van der Waals surface area contributed by atoms with Crippen molar-refractivity contribution in [2.24, 2.45) is 0 Å². The molecule has 2 aromatic heterocycles. The summed E-state index contributed by atoms with van der Waals surface area (Å²) < 4.78 is 51.5. The number of nitrogen functional groups attached to an aromatic ring is 1. The van der Waals surface area contributed by atoms with Gasteiger partial charge in [0, 0.05) is 18.2 Å². The third-order valence-corrected chi connectivity index (χ3v) is 6.98. The van der Waals surface area contributed by atoms with Crippen molar-refractivity contribution in [3.8, 4) is 0 Å². The van der Waals surface area contributed by atoms with E-state index in [4.69, 9.17) is 15.2 Å². The lowest BCUT2D eigenvalue weighted by molar-refractivity contribution is -0.137. The van der Waals surface area contributed by atoms with Crippen LogP contribution in [0.1, 0.15) is 57.2 Å². The number of nitrogens with one attached hydrogen (secondary N) is 1. The summed E-state index contributed by atoms with van der Waals surface area (Å²) >= 11 is 0. The van der Waals surface area contributed by atoms with Gasteiger partial charge in [-0.1, -0.05) is 6.07 Å². The van der Waals surface area contributed by atoms with Crippen molar-refractivity contribution in [1.82, 2.24) is 14.9 Å². The highest BCUT2D eigenvalue weighted by molar-refractivity contribution is 5.98. The number of hydrogen-bond acceptors (Lipinski definition) is 5. The summed E-state index contributed by atoms with van der Waals surface area (Å²) in [6, 6.07) is 4.85. The minimum atomic E-state index is -4.44. The quantitative estimate of drug-likeness (QED) is 0.605. The molecule has 1 aliphatic carbocycles. The van der Waals surface area contributed by atoms with E-state index in [0.717, 1.165) is 17.2 Å². The van der Waals surface area contributed by atoms with Gasteiger partial charge >= 0.3 is 6.18 Å². The maximum Gasteiger partial charge on any atom is 0.416 e. The number of pyridine rings is 1. The van der Waals surface area contributed by atoms with Crippen molar-refractivity contribution in [2.45, 2.75) is 43.9 Å². The number of hydrogen-bond donors (Lipinski definition) is 2. The zero-order valence-electron chi connectivity index (χ0n) is 17.8. The van der Waals surface area contributed by atoms with Crippen LogP contribution in [0.2, 0.25) is 0 Å². The lowest BCUT2D eigenvalue weighted by Crippen LogP contribution is -2.39. The first-order valence-corrected chi connectivity index (χ1v) is 10.7. The summed E-state index contributed by atoms with van der Waals surface area (Å²) in [5, 5.41) is 0. The highest BCUT2D eigenvalue weighted by atomic mass is 19.4. The van der Waals surface area contributed by atoms with Crippen LogP contribution >= 0.6 is 0 Å². The Kier molecular flexibility index (Phi) is 4.16. The number of likely N-dealkylation sites (N-methyl/N-ethyl adjacent to an activating group) is 1. The Morgan fingerprint density at radius 3 is 2.73 bits per heavy atom. The molecule has 10 heteroatoms. The molecule has 1 saturated carbocycles. The van der Waals surface area contributed by atoms with E-state index in [0.29, 0.717) is 59.7 Å². The van der Waals surface area contributed by atoms with Crippen LogP contribution in [0.5, 0.6) is 0 Å². The minimum Gasteiger partial charge on any atom is -0.383 e. The number of benzene rings is 1. The molecule has 1 atom stereocenters. The smallest absolute Gasteiger partial charge is 0.383 e. The number of fused-ring (bicyclic) bond motifs is 5. The van der Waals surface area contributed by atoms with Gasteiger partial charge in [-0.25, -0.2) is 4.98 Å². The zero-order chi connectivity index (χ0) is 23.1. The lowest BCUT2D eigenvalue weighted by Gasteiger charge is -2.37. The molecule has 1 aromatic carbocycles. The number of anilines is 1. The number of amides is 1. The van der Waals surface area contributed by atoms with E-state index >= 15 is 0 Å². The molecule has 0 bridgehead atoms. The zero-order valence-corrected chi connectivity index (χ0v) is 17.8. The average Bonchev–Trinajstić information content (AvgIpc) is 3.19. The molecule has 2 aliphatic heterocycles. The molecule has 0 saturated heterocycles. The van der Waals surface area contributed by atoms with Crippen molar-refractivity contribution in [3.05, 3.63) is 57.8 Å². The van der Waals surface area contributed by atoms with Crippen LogP contribution in [0, 0.1) is 0 Å². The summed E-state index contributed by atoms with van der Waals surface area (Å²) in [4.78, 5) is 22.4. The summed E-state index contributed by atoms with van der Waals surface area (Å²) in [7, 11) is 1.63. The summed E-state index contributed by atoms with van der Waals surface area (Å²) in [6.07, 6.45) is -3.09. The Bertz CT molecular complexity index is 1310. The minimum absolute atomic E-state index is 0.218. The van der Waals surface area contributed by atoms with Gasteiger partial charge in [0.15, 0.2) is 0 Å². The molecule has 33 heavy (non-hydrogen) atoms. The van der Waals surface area contributed by atoms with Gasteiger partial charge in [0.05, 0.1) is 48.1 Å². The Hall–Kier alpha value is -3.11. The van der Waals surface area contributed by atoms with Gasteiger partial charge in [-0.15, -0.1) is 0 Å². The first kappa shape index (κ1) is 20.5. The molecule has 0 radical (unpaired) electrons. The van der Waals surface area contributed by atoms with Crippen LogP contribution in [-0.4, -0.2) is 34.4 Å². The Balaban J connectivity index is 1.36. The third kappa shape index (κ3) is 3.04. The van der Waals surface area contributed by atoms with Crippen LogP contribution in [0.3, 0.4) is 0 Å². The Morgan fingerprint density at radius 1 is 1.24 bits per heavy atom. The molecule has 1 fully saturated rings. The molecule has 1 amide bonds. The number of rotatable bonds is 2. The molecule has 172 valence electrons. The molecular formula is C23H21F3N4O3. The fourth-order valence-corrected chi connectivity index (χ4v) is 4.96. The van der Waals surface area contributed by atoms with Gasteiger partial charge in [-0.3, -0.25) is 4.79 Å². The van der Waals surface area contributed by atoms with E-state index in [9.17, 15) is 18.0 Å². The maximum atomic E-state index is 13.4. The summed E-state index contributed by atoms with van der Waals surface area (Å²) in [6.45, 7) is 0.982. The van der Waals surface area contributed by atoms with Gasteiger partial charge in [0.25, 0.3) is 5.91 Å². The van der Waals surface area contributed by atoms with E-state index in [1.54, 1.807) is 13.1 Å². The Morgan fingerprint density at radius 2 is 2.00 bits per heavy atom. The van der Waals surface area contributed by atoms with Gasteiger partial charge in [0.1, 0.15) is 11.5 Å². The van der Waals surface area contributed by atoms with Crippen LogP contribution < -0.4 is 5.73 Å². The molecule has 3 aliphatic rings. The van der Waals surface area contributed by atoms with Gasteiger partial charge in [-0.05, 0) is 42.2 Å².